The first-order valence-electron chi connectivity index (χ1n) is 4.44. The minimum absolute atomic E-state index is 0.722. The summed E-state index contributed by atoms with van der Waals surface area (Å²) in [4.78, 5) is 18.3. The number of carboxylic acid groups (broad SMARTS) is 2. The van der Waals surface area contributed by atoms with E-state index in [-0.39, 0.29) is 0 Å². The van der Waals surface area contributed by atoms with Gasteiger partial charge in [-0.3, -0.25) is 0 Å². The lowest BCUT2D eigenvalue weighted by atomic mass is 10.7. The number of hydrogen-bond donors (Lipinski definition) is 0. The second-order valence-corrected chi connectivity index (χ2v) is 4.36. The number of hydrogen-bond acceptors (Lipinski definition) is 4. The Morgan fingerprint density at radius 1 is 1.07 bits per heavy atom. The van der Waals surface area contributed by atoms with Crippen LogP contribution in [0.15, 0.2) is 25.3 Å². The van der Waals surface area contributed by atoms with Crippen molar-refractivity contribution in [2.75, 3.05) is 0 Å². The van der Waals surface area contributed by atoms with Crippen molar-refractivity contribution in [2.24, 2.45) is 0 Å². The summed E-state index contributed by atoms with van der Waals surface area (Å²) in [6.45, 7) is 10.3. The summed E-state index contributed by atoms with van der Waals surface area (Å²) < 4.78 is 0. The summed E-state index contributed by atoms with van der Waals surface area (Å²) in [6, 6.07) is 0. The smallest absolute Gasteiger partial charge is 0.545 e. The monoisotopic (exact) mass is 227 g/mol. The van der Waals surface area contributed by atoms with Crippen LogP contribution in [0.25, 0.3) is 0 Å². The predicted octanol–water partition coefficient (Wildman–Crippen LogP) is -0.588. The predicted molar refractivity (Wildman–Crippen MR) is 57.1 cm³/mol. The molecule has 0 aromatic carbocycles. The maximum Gasteiger partial charge on any atom is 1.23 e. The molecule has 0 saturated carbocycles. The third kappa shape index (κ3) is 63.3. The van der Waals surface area contributed by atoms with E-state index >= 15 is 0 Å². The molecule has 0 amide bonds. The second kappa shape index (κ2) is 18.7. The first-order valence-corrected chi connectivity index (χ1v) is 6.07. The van der Waals surface area contributed by atoms with Gasteiger partial charge in [0.05, 0.1) is 11.9 Å². The fourth-order valence-electron chi connectivity index (χ4n) is 0.289. The van der Waals surface area contributed by atoms with Gasteiger partial charge in [0.1, 0.15) is 0 Å². The number of carboxylic acids is 2. The summed E-state index contributed by atoms with van der Waals surface area (Å²) in [6.07, 6.45) is 1.44. The van der Waals surface area contributed by atoms with E-state index in [2.05, 4.69) is 27.0 Å². The van der Waals surface area contributed by atoms with Gasteiger partial charge < -0.3 is 19.8 Å². The standard InChI is InChI=1S/2C3H4O2.2C2H5.Al/c2*1-2-3(4)5;2*1-2;/h2*2H,1H2,(H,4,5);2*1H2,2H3;/q;;;;+2/p-2. The molecule has 0 fully saturated rings. The first-order chi connectivity index (χ1) is 6.95. The van der Waals surface area contributed by atoms with Gasteiger partial charge in [-0.2, -0.15) is 0 Å². The Balaban J connectivity index is -0.000000144. The molecule has 0 rings (SSSR count). The van der Waals surface area contributed by atoms with Crippen LogP contribution < -0.4 is 10.2 Å². The minimum atomic E-state index is -1.23. The number of aliphatic carboxylic acids is 2. The quantitative estimate of drug-likeness (QED) is 0.475. The maximum atomic E-state index is 9.14. The van der Waals surface area contributed by atoms with Crippen LogP contribution in [0.5, 0.6) is 0 Å². The molecule has 0 aromatic heterocycles. The normalized spacial score (nSPS) is 7.07. The van der Waals surface area contributed by atoms with Crippen molar-refractivity contribution in [3.63, 3.8) is 0 Å². The molecule has 5 radical (unpaired) electrons. The zero-order valence-corrected chi connectivity index (χ0v) is 10.3. The van der Waals surface area contributed by atoms with Gasteiger partial charge in [0.15, 0.2) is 10.6 Å². The molecule has 0 spiro atoms. The minimum Gasteiger partial charge on any atom is -0.545 e. The van der Waals surface area contributed by atoms with Crippen LogP contribution >= 0.6 is 0 Å². The molecule has 15 heavy (non-hydrogen) atoms. The maximum absolute atomic E-state index is 9.14. The Labute approximate surface area is 97.0 Å². The summed E-state index contributed by atoms with van der Waals surface area (Å²) in [5.74, 6) is -2.46. The molecule has 4 nitrogen and oxygen atoms in total. The van der Waals surface area contributed by atoms with E-state index < -0.39 is 11.9 Å². The Kier molecular flexibility index (Phi) is 24.3. The fraction of sp³-hybridized carbons (Fsp3) is 0.400. The van der Waals surface area contributed by atoms with Crippen molar-refractivity contribution >= 4 is 27.2 Å². The van der Waals surface area contributed by atoms with E-state index in [4.69, 9.17) is 19.8 Å². The van der Waals surface area contributed by atoms with Crippen LogP contribution in [0.2, 0.25) is 10.6 Å². The molecule has 0 aliphatic rings. The molecule has 5 heteroatoms. The summed E-state index contributed by atoms with van der Waals surface area (Å²) in [5, 5.41) is 21.1. The largest absolute Gasteiger partial charge is 1.23 e. The van der Waals surface area contributed by atoms with Crippen LogP contribution in [0.3, 0.4) is 0 Å². The van der Waals surface area contributed by atoms with Crippen LogP contribution in [0.4, 0.5) is 0 Å². The molecule has 0 atom stereocenters. The lowest BCUT2D eigenvalue weighted by Crippen LogP contribution is -2.17. The van der Waals surface area contributed by atoms with Gasteiger partial charge in [-0.1, -0.05) is 13.2 Å². The molecule has 0 bridgehead atoms. The van der Waals surface area contributed by atoms with Crippen molar-refractivity contribution in [2.45, 2.75) is 24.4 Å². The van der Waals surface area contributed by atoms with Crippen LogP contribution in [0, 0.1) is 0 Å². The van der Waals surface area contributed by atoms with Gasteiger partial charge in [0, 0.05) is 0 Å². The Hall–Kier alpha value is -1.05. The Morgan fingerprint density at radius 2 is 1.27 bits per heavy atom. The lowest BCUT2D eigenvalue weighted by Gasteiger charge is -1.81. The molecule has 0 saturated heterocycles. The average molecular weight is 227 g/mol. The second-order valence-electron chi connectivity index (χ2n) is 2.15. The molecule has 0 unspecified atom stereocenters. The lowest BCUT2D eigenvalue weighted by molar-refractivity contribution is -0.298. The van der Waals surface area contributed by atoms with Crippen molar-refractivity contribution in [1.82, 2.24) is 0 Å². The Bertz CT molecular complexity index is 170. The van der Waals surface area contributed by atoms with Gasteiger partial charge in [0.25, 0.3) is 0 Å². The highest BCUT2D eigenvalue weighted by atomic mass is 27.1. The van der Waals surface area contributed by atoms with Crippen LogP contribution in [0.1, 0.15) is 13.8 Å². The van der Waals surface area contributed by atoms with E-state index in [0.717, 1.165) is 27.4 Å². The number of rotatable bonds is 4. The van der Waals surface area contributed by atoms with Crippen LogP contribution in [-0.2, 0) is 9.59 Å². The first kappa shape index (κ1) is 19.5. The van der Waals surface area contributed by atoms with Crippen LogP contribution in [-0.4, -0.2) is 27.2 Å². The Morgan fingerprint density at radius 3 is 1.27 bits per heavy atom. The third-order valence-corrected chi connectivity index (χ3v) is 2.07. The molecule has 0 aliphatic heterocycles. The van der Waals surface area contributed by atoms with E-state index in [0.29, 0.717) is 0 Å². The zero-order valence-electron chi connectivity index (χ0n) is 9.19. The highest BCUT2D eigenvalue weighted by molar-refractivity contribution is 6.34. The van der Waals surface area contributed by atoms with Crippen molar-refractivity contribution in [3.8, 4) is 0 Å². The molecule has 83 valence electrons. The van der Waals surface area contributed by atoms with Gasteiger partial charge in [-0.15, -0.1) is 0 Å². The molecule has 0 N–H and O–H groups in total. The summed E-state index contributed by atoms with van der Waals surface area (Å²) in [5.41, 5.74) is 0. The highest BCUT2D eigenvalue weighted by Crippen LogP contribution is 1.77. The third-order valence-electron chi connectivity index (χ3n) is 0.911. The van der Waals surface area contributed by atoms with Crippen molar-refractivity contribution in [3.05, 3.63) is 25.3 Å². The zero-order chi connectivity index (χ0) is 12.7. The fourth-order valence-corrected chi connectivity index (χ4v) is 0.866. The molecular weight excluding hydrogens is 211 g/mol. The van der Waals surface area contributed by atoms with Gasteiger partial charge in [0.2, 0.25) is 0 Å². The van der Waals surface area contributed by atoms with Crippen molar-refractivity contribution in [1.29, 1.82) is 0 Å². The van der Waals surface area contributed by atoms with E-state index in [9.17, 15) is 0 Å². The average Bonchev–Trinajstić information content (AvgIpc) is 2.20. The number of carbonyl (C=O) groups is 2. The van der Waals surface area contributed by atoms with Gasteiger partial charge in [-0.05, 0) is 26.0 Å². The summed E-state index contributed by atoms with van der Waals surface area (Å²) >= 11 is 0.815. The SMILES string of the molecule is C=CC(=O)[O-].C=CC(=O)[O-].C[CH2][Al+2][CH2]C. The molecular formula is C10H16AlO4. The topological polar surface area (TPSA) is 80.3 Å². The van der Waals surface area contributed by atoms with Crippen molar-refractivity contribution < 1.29 is 19.8 Å². The van der Waals surface area contributed by atoms with E-state index in [1.807, 2.05) is 0 Å². The molecule has 0 aromatic rings. The summed E-state index contributed by atoms with van der Waals surface area (Å²) in [7, 11) is 0. The molecule has 0 aliphatic carbocycles. The number of carbonyl (C=O) groups excluding carboxylic acids is 2. The van der Waals surface area contributed by atoms with E-state index in [1.165, 1.54) is 10.6 Å². The van der Waals surface area contributed by atoms with E-state index in [1.54, 1.807) is 0 Å². The van der Waals surface area contributed by atoms with Gasteiger partial charge >= 0.3 is 15.2 Å². The highest BCUT2D eigenvalue weighted by Gasteiger charge is 2.36. The van der Waals surface area contributed by atoms with Gasteiger partial charge in [-0.25, -0.2) is 0 Å². The molecule has 0 heterocycles.